The van der Waals surface area contributed by atoms with Crippen molar-refractivity contribution in [3.05, 3.63) is 29.3 Å². The topological polar surface area (TPSA) is 46.2 Å². The third-order valence-electron chi connectivity index (χ3n) is 2.85. The van der Waals surface area contributed by atoms with Gasteiger partial charge in [-0.1, -0.05) is 6.07 Å². The van der Waals surface area contributed by atoms with Crippen molar-refractivity contribution in [1.29, 1.82) is 0 Å². The van der Waals surface area contributed by atoms with E-state index in [4.69, 9.17) is 0 Å². The summed E-state index contributed by atoms with van der Waals surface area (Å²) in [6.07, 6.45) is 1.28. The molecule has 114 valence electrons. The van der Waals surface area contributed by atoms with Crippen LogP contribution in [-0.2, 0) is 16.4 Å². The average Bonchev–Trinajstić information content (AvgIpc) is 2.24. The van der Waals surface area contributed by atoms with E-state index >= 15 is 0 Å². The molecule has 0 aliphatic carbocycles. The van der Waals surface area contributed by atoms with E-state index in [-0.39, 0.29) is 11.3 Å². The van der Waals surface area contributed by atoms with Crippen molar-refractivity contribution in [1.82, 2.24) is 5.32 Å². The molecule has 1 aromatic rings. The molecule has 0 spiro atoms. The Morgan fingerprint density at radius 2 is 1.90 bits per heavy atom. The van der Waals surface area contributed by atoms with Crippen LogP contribution in [0.2, 0.25) is 0 Å². The second-order valence-electron chi connectivity index (χ2n) is 6.17. The highest BCUT2D eigenvalue weighted by Crippen LogP contribution is 2.22. The van der Waals surface area contributed by atoms with E-state index in [2.05, 4.69) is 51.2 Å². The molecule has 0 aliphatic heterocycles. The van der Waals surface area contributed by atoms with Crippen LogP contribution in [0.4, 0.5) is 0 Å². The van der Waals surface area contributed by atoms with Gasteiger partial charge in [-0.2, -0.15) is 0 Å². The van der Waals surface area contributed by atoms with E-state index < -0.39 is 9.84 Å². The van der Waals surface area contributed by atoms with Gasteiger partial charge in [-0.25, -0.2) is 8.42 Å². The highest BCUT2D eigenvalue weighted by molar-refractivity contribution is 8.00. The van der Waals surface area contributed by atoms with Crippen LogP contribution in [0.1, 0.15) is 31.9 Å². The standard InChI is InChI=1S/C15H25NO2S2/c1-12-10-14(19-8-9-20(5,17)18)7-6-13(12)11-16-15(2,3)4/h6-7,10,16H,8-9,11H2,1-5H3. The second kappa shape index (κ2) is 6.96. The first-order chi connectivity index (χ1) is 9.07. The monoisotopic (exact) mass is 315 g/mol. The normalized spacial score (nSPS) is 12.7. The van der Waals surface area contributed by atoms with Crippen molar-refractivity contribution >= 4 is 21.6 Å². The molecule has 0 aliphatic rings. The quantitative estimate of drug-likeness (QED) is 0.820. The third-order valence-corrected chi connectivity index (χ3v) is 5.05. The fraction of sp³-hybridized carbons (Fsp3) is 0.600. The molecule has 0 bridgehead atoms. The van der Waals surface area contributed by atoms with Crippen LogP contribution in [-0.4, -0.2) is 31.7 Å². The number of thioether (sulfide) groups is 1. The zero-order chi connectivity index (χ0) is 15.4. The molecule has 0 atom stereocenters. The first-order valence-electron chi connectivity index (χ1n) is 6.72. The summed E-state index contributed by atoms with van der Waals surface area (Å²) in [5.41, 5.74) is 2.63. The predicted octanol–water partition coefficient (Wildman–Crippen LogP) is 3.02. The van der Waals surface area contributed by atoms with Crippen LogP contribution in [0.5, 0.6) is 0 Å². The first kappa shape index (κ1) is 17.5. The zero-order valence-corrected chi connectivity index (χ0v) is 14.6. The van der Waals surface area contributed by atoms with Gasteiger partial charge in [-0.15, -0.1) is 11.8 Å². The maximum absolute atomic E-state index is 11.1. The highest BCUT2D eigenvalue weighted by atomic mass is 32.2. The van der Waals surface area contributed by atoms with E-state index in [0.717, 1.165) is 11.4 Å². The van der Waals surface area contributed by atoms with Gasteiger partial charge in [-0.05, 0) is 51.0 Å². The van der Waals surface area contributed by atoms with Gasteiger partial charge in [0.2, 0.25) is 0 Å². The molecular weight excluding hydrogens is 290 g/mol. The fourth-order valence-corrected chi connectivity index (χ4v) is 3.83. The Labute approximate surface area is 127 Å². The summed E-state index contributed by atoms with van der Waals surface area (Å²) in [6, 6.07) is 6.32. The van der Waals surface area contributed by atoms with Gasteiger partial charge in [0.1, 0.15) is 9.84 Å². The van der Waals surface area contributed by atoms with Crippen molar-refractivity contribution in [2.45, 2.75) is 44.7 Å². The Morgan fingerprint density at radius 3 is 2.40 bits per heavy atom. The third kappa shape index (κ3) is 7.31. The van der Waals surface area contributed by atoms with Crippen molar-refractivity contribution in [3.63, 3.8) is 0 Å². The minimum absolute atomic E-state index is 0.106. The molecular formula is C15H25NO2S2. The minimum atomic E-state index is -2.87. The molecule has 1 N–H and O–H groups in total. The number of rotatable bonds is 6. The molecule has 0 saturated heterocycles. The molecule has 1 rings (SSSR count). The summed E-state index contributed by atoms with van der Waals surface area (Å²) in [6.45, 7) is 9.40. The molecule has 0 radical (unpaired) electrons. The summed E-state index contributed by atoms with van der Waals surface area (Å²) in [7, 11) is -2.87. The largest absolute Gasteiger partial charge is 0.308 e. The number of benzene rings is 1. The van der Waals surface area contributed by atoms with E-state index in [1.807, 2.05) is 0 Å². The molecule has 0 fully saturated rings. The van der Waals surface area contributed by atoms with Crippen LogP contribution in [0.25, 0.3) is 0 Å². The number of aryl methyl sites for hydroxylation is 1. The fourth-order valence-electron chi connectivity index (χ4n) is 1.63. The van der Waals surface area contributed by atoms with Crippen molar-refractivity contribution < 1.29 is 8.42 Å². The second-order valence-corrected chi connectivity index (χ2v) is 9.60. The van der Waals surface area contributed by atoms with Crippen LogP contribution in [0.3, 0.4) is 0 Å². The van der Waals surface area contributed by atoms with Gasteiger partial charge in [0, 0.05) is 29.0 Å². The molecule has 1 aromatic carbocycles. The van der Waals surface area contributed by atoms with Crippen molar-refractivity contribution in [2.75, 3.05) is 17.8 Å². The molecule has 3 nitrogen and oxygen atoms in total. The summed E-state index contributed by atoms with van der Waals surface area (Å²) < 4.78 is 22.2. The van der Waals surface area contributed by atoms with Crippen molar-refractivity contribution in [2.24, 2.45) is 0 Å². The maximum Gasteiger partial charge on any atom is 0.148 e. The molecule has 20 heavy (non-hydrogen) atoms. The SMILES string of the molecule is Cc1cc(SCCS(C)(=O)=O)ccc1CNC(C)(C)C. The Balaban J connectivity index is 2.59. The molecule has 5 heteroatoms. The lowest BCUT2D eigenvalue weighted by Crippen LogP contribution is -2.35. The van der Waals surface area contributed by atoms with Crippen molar-refractivity contribution in [3.8, 4) is 0 Å². The summed E-state index contributed by atoms with van der Waals surface area (Å²) in [4.78, 5) is 1.13. The lowest BCUT2D eigenvalue weighted by Gasteiger charge is -2.21. The van der Waals surface area contributed by atoms with Gasteiger partial charge in [0.05, 0.1) is 5.75 Å². The van der Waals surface area contributed by atoms with Crippen LogP contribution < -0.4 is 5.32 Å². The predicted molar refractivity (Wildman–Crippen MR) is 88.2 cm³/mol. The average molecular weight is 316 g/mol. The number of hydrogen-bond acceptors (Lipinski definition) is 4. The number of hydrogen-bond donors (Lipinski definition) is 1. The summed E-state index contributed by atoms with van der Waals surface area (Å²) in [5.74, 6) is 0.835. The Kier molecular flexibility index (Phi) is 6.10. The molecule has 0 saturated carbocycles. The van der Waals surface area contributed by atoms with Crippen LogP contribution in [0.15, 0.2) is 23.1 Å². The van der Waals surface area contributed by atoms with Gasteiger partial charge >= 0.3 is 0 Å². The summed E-state index contributed by atoms with van der Waals surface area (Å²) in [5, 5.41) is 3.48. The zero-order valence-electron chi connectivity index (χ0n) is 13.0. The number of nitrogens with one attached hydrogen (secondary N) is 1. The van der Waals surface area contributed by atoms with E-state index in [0.29, 0.717) is 5.75 Å². The molecule has 0 amide bonds. The van der Waals surface area contributed by atoms with Gasteiger partial charge < -0.3 is 5.32 Å². The Morgan fingerprint density at radius 1 is 1.25 bits per heavy atom. The van der Waals surface area contributed by atoms with Gasteiger partial charge in [0.15, 0.2) is 0 Å². The minimum Gasteiger partial charge on any atom is -0.308 e. The molecule has 0 unspecified atom stereocenters. The first-order valence-corrected chi connectivity index (χ1v) is 9.76. The van der Waals surface area contributed by atoms with Gasteiger partial charge in [0.25, 0.3) is 0 Å². The molecule has 0 heterocycles. The van der Waals surface area contributed by atoms with E-state index in [9.17, 15) is 8.42 Å². The van der Waals surface area contributed by atoms with Crippen LogP contribution >= 0.6 is 11.8 Å². The maximum atomic E-state index is 11.1. The van der Waals surface area contributed by atoms with Crippen LogP contribution in [0, 0.1) is 6.92 Å². The lowest BCUT2D eigenvalue weighted by atomic mass is 10.1. The smallest absolute Gasteiger partial charge is 0.148 e. The highest BCUT2D eigenvalue weighted by Gasteiger charge is 2.10. The Bertz CT molecular complexity index is 545. The molecule has 0 aromatic heterocycles. The Hall–Kier alpha value is -0.520. The van der Waals surface area contributed by atoms with Gasteiger partial charge in [-0.3, -0.25) is 0 Å². The number of sulfone groups is 1. The lowest BCUT2D eigenvalue weighted by molar-refractivity contribution is 0.424. The van der Waals surface area contributed by atoms with E-state index in [1.54, 1.807) is 11.8 Å². The summed E-state index contributed by atoms with van der Waals surface area (Å²) >= 11 is 1.59. The van der Waals surface area contributed by atoms with E-state index in [1.165, 1.54) is 17.4 Å².